The van der Waals surface area contributed by atoms with Gasteiger partial charge in [-0.05, 0) is 38.3 Å². The summed E-state index contributed by atoms with van der Waals surface area (Å²) in [7, 11) is -2.79. The Bertz CT molecular complexity index is 250. The van der Waals surface area contributed by atoms with E-state index in [1.165, 1.54) is 0 Å². The molecule has 3 nitrogen and oxygen atoms in total. The standard InChI is InChI=1S/C12H27NO2S/c1-4-7-12(11-13-9-5-2)8-10-16(14,15)6-3/h12-13H,4-11H2,1-3H3. The van der Waals surface area contributed by atoms with Crippen molar-refractivity contribution in [2.24, 2.45) is 5.92 Å². The third-order valence-corrected chi connectivity index (χ3v) is 4.57. The van der Waals surface area contributed by atoms with E-state index < -0.39 is 9.84 Å². The molecule has 98 valence electrons. The van der Waals surface area contributed by atoms with Gasteiger partial charge in [0.15, 0.2) is 0 Å². The fourth-order valence-corrected chi connectivity index (χ4v) is 2.71. The van der Waals surface area contributed by atoms with E-state index in [-0.39, 0.29) is 5.75 Å². The van der Waals surface area contributed by atoms with Crippen LogP contribution in [0.3, 0.4) is 0 Å². The zero-order valence-corrected chi connectivity index (χ0v) is 11.8. The lowest BCUT2D eigenvalue weighted by Gasteiger charge is -2.16. The van der Waals surface area contributed by atoms with Crippen molar-refractivity contribution in [3.63, 3.8) is 0 Å². The lowest BCUT2D eigenvalue weighted by Crippen LogP contribution is -2.25. The molecule has 0 bridgehead atoms. The van der Waals surface area contributed by atoms with Crippen LogP contribution in [0.15, 0.2) is 0 Å². The van der Waals surface area contributed by atoms with Gasteiger partial charge in [0.1, 0.15) is 9.84 Å². The molecule has 0 aliphatic carbocycles. The van der Waals surface area contributed by atoms with Gasteiger partial charge in [-0.2, -0.15) is 0 Å². The largest absolute Gasteiger partial charge is 0.316 e. The highest BCUT2D eigenvalue weighted by Gasteiger charge is 2.13. The molecule has 0 spiro atoms. The molecule has 0 rings (SSSR count). The highest BCUT2D eigenvalue weighted by molar-refractivity contribution is 7.91. The molecule has 0 fully saturated rings. The molecule has 1 atom stereocenters. The molecule has 4 heteroatoms. The Morgan fingerprint density at radius 2 is 1.75 bits per heavy atom. The van der Waals surface area contributed by atoms with Crippen molar-refractivity contribution in [2.75, 3.05) is 24.6 Å². The summed E-state index contributed by atoms with van der Waals surface area (Å²) in [4.78, 5) is 0. The molecular weight excluding hydrogens is 222 g/mol. The van der Waals surface area contributed by atoms with Crippen LogP contribution >= 0.6 is 0 Å². The summed E-state index contributed by atoms with van der Waals surface area (Å²) in [6, 6.07) is 0. The lowest BCUT2D eigenvalue weighted by molar-refractivity contribution is 0.429. The highest BCUT2D eigenvalue weighted by atomic mass is 32.2. The molecule has 16 heavy (non-hydrogen) atoms. The number of sulfone groups is 1. The predicted molar refractivity (Wildman–Crippen MR) is 70.5 cm³/mol. The molecule has 0 aromatic carbocycles. The van der Waals surface area contributed by atoms with Gasteiger partial charge < -0.3 is 5.32 Å². The van der Waals surface area contributed by atoms with Gasteiger partial charge in [0.25, 0.3) is 0 Å². The Morgan fingerprint density at radius 1 is 1.06 bits per heavy atom. The summed E-state index contributed by atoms with van der Waals surface area (Å²) in [5.41, 5.74) is 0. The minimum absolute atomic E-state index is 0.272. The van der Waals surface area contributed by atoms with Gasteiger partial charge in [0.05, 0.1) is 5.75 Å². The van der Waals surface area contributed by atoms with Gasteiger partial charge in [-0.15, -0.1) is 0 Å². The molecular formula is C12H27NO2S. The Hall–Kier alpha value is -0.0900. The molecule has 1 N–H and O–H groups in total. The third-order valence-electron chi connectivity index (χ3n) is 2.83. The predicted octanol–water partition coefficient (Wildman–Crippen LogP) is 2.23. The van der Waals surface area contributed by atoms with Gasteiger partial charge in [-0.3, -0.25) is 0 Å². The number of hydrogen-bond acceptors (Lipinski definition) is 3. The summed E-state index contributed by atoms with van der Waals surface area (Å²) < 4.78 is 22.8. The smallest absolute Gasteiger partial charge is 0.150 e. The molecule has 0 aliphatic rings. The summed E-state index contributed by atoms with van der Waals surface area (Å²) in [6.45, 7) is 8.01. The zero-order valence-electron chi connectivity index (χ0n) is 11.0. The topological polar surface area (TPSA) is 46.2 Å². The molecule has 0 saturated carbocycles. The van der Waals surface area contributed by atoms with Crippen LogP contribution in [-0.2, 0) is 9.84 Å². The Kier molecular flexibility index (Phi) is 8.94. The van der Waals surface area contributed by atoms with Crippen molar-refractivity contribution < 1.29 is 8.42 Å². The molecule has 0 aliphatic heterocycles. The second-order valence-electron chi connectivity index (χ2n) is 4.38. The van der Waals surface area contributed by atoms with Crippen LogP contribution in [0, 0.1) is 5.92 Å². The van der Waals surface area contributed by atoms with Gasteiger partial charge >= 0.3 is 0 Å². The number of rotatable bonds is 10. The Morgan fingerprint density at radius 3 is 2.25 bits per heavy atom. The summed E-state index contributed by atoms with van der Waals surface area (Å²) >= 11 is 0. The SMILES string of the molecule is CCCNCC(CCC)CCS(=O)(=O)CC. The van der Waals surface area contributed by atoms with Crippen LogP contribution in [0.1, 0.15) is 46.5 Å². The first kappa shape index (κ1) is 15.9. The maximum Gasteiger partial charge on any atom is 0.150 e. The fraction of sp³-hybridized carbons (Fsp3) is 1.00. The van der Waals surface area contributed by atoms with Crippen molar-refractivity contribution in [3.8, 4) is 0 Å². The molecule has 0 amide bonds. The Balaban J connectivity index is 3.93. The van der Waals surface area contributed by atoms with Gasteiger partial charge in [-0.25, -0.2) is 8.42 Å². The normalized spacial score (nSPS) is 13.9. The second-order valence-corrected chi connectivity index (χ2v) is 6.86. The minimum Gasteiger partial charge on any atom is -0.316 e. The molecule has 0 heterocycles. The first-order valence-electron chi connectivity index (χ1n) is 6.46. The fourth-order valence-electron chi connectivity index (χ4n) is 1.73. The van der Waals surface area contributed by atoms with E-state index >= 15 is 0 Å². The molecule has 0 saturated heterocycles. The molecule has 0 aromatic rings. The van der Waals surface area contributed by atoms with Crippen molar-refractivity contribution in [3.05, 3.63) is 0 Å². The van der Waals surface area contributed by atoms with Gasteiger partial charge in [0, 0.05) is 5.75 Å². The van der Waals surface area contributed by atoms with Crippen LogP contribution in [0.4, 0.5) is 0 Å². The zero-order chi connectivity index (χ0) is 12.4. The monoisotopic (exact) mass is 249 g/mol. The average molecular weight is 249 g/mol. The Labute approximate surface area is 101 Å². The van der Waals surface area contributed by atoms with E-state index in [1.807, 2.05) is 0 Å². The van der Waals surface area contributed by atoms with Crippen LogP contribution in [0.5, 0.6) is 0 Å². The first-order chi connectivity index (χ1) is 7.55. The van der Waals surface area contributed by atoms with Gasteiger partial charge in [-0.1, -0.05) is 27.2 Å². The highest BCUT2D eigenvalue weighted by Crippen LogP contribution is 2.12. The van der Waals surface area contributed by atoms with Crippen LogP contribution in [-0.4, -0.2) is 33.0 Å². The van der Waals surface area contributed by atoms with E-state index in [0.29, 0.717) is 11.7 Å². The summed E-state index contributed by atoms with van der Waals surface area (Å²) in [5.74, 6) is 1.13. The summed E-state index contributed by atoms with van der Waals surface area (Å²) in [6.07, 6.45) is 4.19. The molecule has 1 unspecified atom stereocenters. The molecule has 0 radical (unpaired) electrons. The van der Waals surface area contributed by atoms with Crippen LogP contribution < -0.4 is 5.32 Å². The quantitative estimate of drug-likeness (QED) is 0.604. The van der Waals surface area contributed by atoms with Crippen molar-refractivity contribution >= 4 is 9.84 Å². The van der Waals surface area contributed by atoms with Gasteiger partial charge in [0.2, 0.25) is 0 Å². The minimum atomic E-state index is -2.79. The van der Waals surface area contributed by atoms with E-state index in [2.05, 4.69) is 19.2 Å². The van der Waals surface area contributed by atoms with E-state index in [9.17, 15) is 8.42 Å². The number of nitrogens with one attached hydrogen (secondary N) is 1. The first-order valence-corrected chi connectivity index (χ1v) is 8.29. The van der Waals surface area contributed by atoms with Crippen molar-refractivity contribution in [2.45, 2.75) is 46.5 Å². The lowest BCUT2D eigenvalue weighted by atomic mass is 10.0. The summed E-state index contributed by atoms with van der Waals surface area (Å²) in [5, 5.41) is 3.38. The van der Waals surface area contributed by atoms with Crippen LogP contribution in [0.2, 0.25) is 0 Å². The van der Waals surface area contributed by atoms with E-state index in [4.69, 9.17) is 0 Å². The van der Waals surface area contributed by atoms with Crippen molar-refractivity contribution in [1.82, 2.24) is 5.32 Å². The average Bonchev–Trinajstić information content (AvgIpc) is 2.26. The van der Waals surface area contributed by atoms with Crippen LogP contribution in [0.25, 0.3) is 0 Å². The molecule has 0 aromatic heterocycles. The third kappa shape index (κ3) is 8.11. The van der Waals surface area contributed by atoms with E-state index in [1.54, 1.807) is 6.92 Å². The van der Waals surface area contributed by atoms with E-state index in [0.717, 1.165) is 38.8 Å². The number of hydrogen-bond donors (Lipinski definition) is 1. The van der Waals surface area contributed by atoms with Crippen molar-refractivity contribution in [1.29, 1.82) is 0 Å². The maximum absolute atomic E-state index is 11.4. The second kappa shape index (κ2) is 8.99. The maximum atomic E-state index is 11.4.